The Morgan fingerprint density at radius 2 is 1.74 bits per heavy atom. The van der Waals surface area contributed by atoms with Crippen molar-refractivity contribution in [3.8, 4) is 17.2 Å². The SMILES string of the molecule is CC[C@@H]1c2nnc(C)n2-c2cnc(Nc3ccc(C(=O)NC4CCN(CCCCNC(=O)COc5cccc6c5C(=O)C(C5CCC(=O)NC5=O)C6=O)CC4)cc3OC)nc2N1CC1CCCCC1. The number of methoxy groups -OCH3 is 1. The molecule has 4 N–H and O–H groups in total. The fourth-order valence-corrected chi connectivity index (χ4v) is 10.7. The van der Waals surface area contributed by atoms with Gasteiger partial charge in [-0.15, -0.1) is 10.2 Å². The van der Waals surface area contributed by atoms with E-state index in [0.717, 1.165) is 81.4 Å². The fraction of sp³-hybridized carbons (Fsp3) is 0.520. The second-order valence-corrected chi connectivity index (χ2v) is 18.8. The number of carbonyl (C=O) groups excluding carboxylic acids is 6. The number of nitrogens with zero attached hydrogens (tertiary/aromatic N) is 7. The summed E-state index contributed by atoms with van der Waals surface area (Å²) in [5, 5.41) is 20.7. The van der Waals surface area contributed by atoms with Crippen molar-refractivity contribution in [2.45, 2.75) is 103 Å². The monoisotopic (exact) mass is 943 g/mol. The van der Waals surface area contributed by atoms with Gasteiger partial charge in [-0.25, -0.2) is 4.98 Å². The Labute approximate surface area is 400 Å². The molecule has 19 heteroatoms. The Hall–Kier alpha value is -6.76. The lowest BCUT2D eigenvalue weighted by atomic mass is 9.82. The van der Waals surface area contributed by atoms with Crippen molar-refractivity contribution in [3.63, 3.8) is 0 Å². The number of benzene rings is 2. The smallest absolute Gasteiger partial charge is 0.257 e. The summed E-state index contributed by atoms with van der Waals surface area (Å²) in [6, 6.07) is 10.0. The van der Waals surface area contributed by atoms with Crippen LogP contribution < -0.4 is 35.6 Å². The number of hydrogen-bond donors (Lipinski definition) is 4. The Bertz CT molecular complexity index is 2620. The summed E-state index contributed by atoms with van der Waals surface area (Å²) in [4.78, 5) is 91.4. The van der Waals surface area contributed by atoms with Crippen LogP contribution in [0.3, 0.4) is 0 Å². The molecule has 3 aliphatic heterocycles. The number of Topliss-reactive ketones (excluding diaryl/α,β-unsaturated/α-hetero) is 2. The van der Waals surface area contributed by atoms with E-state index < -0.39 is 35.2 Å². The Morgan fingerprint density at radius 3 is 2.51 bits per heavy atom. The number of anilines is 3. The van der Waals surface area contributed by atoms with Gasteiger partial charge in [0, 0.05) is 49.8 Å². The fourth-order valence-electron chi connectivity index (χ4n) is 10.7. The first-order valence-corrected chi connectivity index (χ1v) is 24.5. The highest BCUT2D eigenvalue weighted by molar-refractivity contribution is 6.29. The van der Waals surface area contributed by atoms with E-state index >= 15 is 0 Å². The molecule has 3 fully saturated rings. The maximum atomic E-state index is 13.5. The summed E-state index contributed by atoms with van der Waals surface area (Å²) in [6.07, 6.45) is 12.3. The van der Waals surface area contributed by atoms with Crippen LogP contribution in [0.1, 0.15) is 133 Å². The topological polar surface area (TPSA) is 232 Å². The van der Waals surface area contributed by atoms with Gasteiger partial charge in [-0.1, -0.05) is 38.3 Å². The van der Waals surface area contributed by atoms with Gasteiger partial charge in [-0.05, 0) is 95.0 Å². The molecule has 2 aromatic heterocycles. The summed E-state index contributed by atoms with van der Waals surface area (Å²) < 4.78 is 13.6. The molecule has 5 aliphatic rings. The van der Waals surface area contributed by atoms with Crippen molar-refractivity contribution in [3.05, 3.63) is 70.9 Å². The zero-order valence-corrected chi connectivity index (χ0v) is 39.6. The number of hydrogen-bond acceptors (Lipinski definition) is 15. The molecule has 4 amide bonds. The number of fused-ring (bicyclic) bond motifs is 4. The lowest BCUT2D eigenvalue weighted by Crippen LogP contribution is -2.46. The van der Waals surface area contributed by atoms with Crippen LogP contribution in [-0.2, 0) is 14.4 Å². The standard InChI is InChI=1S/C50H61N11O8/c1-4-36-47-58-57-29(2)61(47)37-26-52-50(56-46(37)60(36)27-30-11-6-5-7-12-30)54-35-17-15-31(25-39(35)68-3)48(66)53-32-19-23-59(24-20-32)22-9-8-21-51-41(63)28-69-38-14-10-13-33-42(38)45(65)43(44(33)64)34-16-18-40(62)55-49(34)67/h10,13-15,17,25-26,30,32,34,36,43H,4-9,11-12,16,18-24,27-28H2,1-3H3,(H,51,63)(H,53,66)(H,52,54,56)(H,55,62,67)/t34?,36-,43?/m1/s1. The number of ether oxygens (including phenoxy) is 2. The molecule has 2 aliphatic carbocycles. The average molecular weight is 944 g/mol. The number of ketones is 2. The average Bonchev–Trinajstić information content (AvgIpc) is 3.86. The van der Waals surface area contributed by atoms with E-state index in [1.54, 1.807) is 25.3 Å². The van der Waals surface area contributed by atoms with Crippen LogP contribution >= 0.6 is 0 Å². The number of rotatable bonds is 17. The van der Waals surface area contributed by atoms with Crippen molar-refractivity contribution in [1.29, 1.82) is 0 Å². The molecular weight excluding hydrogens is 883 g/mol. The third-order valence-corrected chi connectivity index (χ3v) is 14.4. The zero-order chi connectivity index (χ0) is 48.2. The predicted octanol–water partition coefficient (Wildman–Crippen LogP) is 5.19. The van der Waals surface area contributed by atoms with Crippen LogP contribution in [0.25, 0.3) is 5.69 Å². The minimum Gasteiger partial charge on any atom is -0.495 e. The number of likely N-dealkylation sites (tertiary alicyclic amines) is 1. The highest BCUT2D eigenvalue weighted by Crippen LogP contribution is 2.42. The van der Waals surface area contributed by atoms with E-state index in [1.807, 2.05) is 19.2 Å². The van der Waals surface area contributed by atoms with Crippen LogP contribution in [0, 0.1) is 24.7 Å². The molecule has 0 spiro atoms. The molecule has 0 radical (unpaired) electrons. The molecule has 1 saturated carbocycles. The molecule has 19 nitrogen and oxygen atoms in total. The van der Waals surface area contributed by atoms with Crippen molar-refractivity contribution in [1.82, 2.24) is 45.6 Å². The van der Waals surface area contributed by atoms with Gasteiger partial charge >= 0.3 is 0 Å². The lowest BCUT2D eigenvalue weighted by Gasteiger charge is -2.39. The number of aromatic nitrogens is 5. The highest BCUT2D eigenvalue weighted by atomic mass is 16.5. The van der Waals surface area contributed by atoms with E-state index in [1.165, 1.54) is 44.2 Å². The van der Waals surface area contributed by atoms with Crippen LogP contribution in [0.15, 0.2) is 42.6 Å². The van der Waals surface area contributed by atoms with E-state index in [2.05, 4.69) is 52.8 Å². The largest absolute Gasteiger partial charge is 0.495 e. The maximum Gasteiger partial charge on any atom is 0.257 e. The lowest BCUT2D eigenvalue weighted by molar-refractivity contribution is -0.137. The zero-order valence-electron chi connectivity index (χ0n) is 39.6. The van der Waals surface area contributed by atoms with Gasteiger partial charge in [-0.2, -0.15) is 4.98 Å². The summed E-state index contributed by atoms with van der Waals surface area (Å²) in [7, 11) is 1.58. The van der Waals surface area contributed by atoms with Crippen molar-refractivity contribution >= 4 is 52.6 Å². The summed E-state index contributed by atoms with van der Waals surface area (Å²) in [5.74, 6) is -0.531. The second-order valence-electron chi connectivity index (χ2n) is 18.8. The van der Waals surface area contributed by atoms with Gasteiger partial charge in [0.05, 0.1) is 42.4 Å². The first-order chi connectivity index (χ1) is 33.5. The molecule has 69 heavy (non-hydrogen) atoms. The third-order valence-electron chi connectivity index (χ3n) is 14.4. The molecule has 3 atom stereocenters. The number of unbranched alkanes of at least 4 members (excludes halogenated alkanes) is 1. The van der Waals surface area contributed by atoms with Crippen LogP contribution in [0.2, 0.25) is 0 Å². The van der Waals surface area contributed by atoms with E-state index in [4.69, 9.17) is 19.4 Å². The molecule has 9 rings (SSSR count). The molecule has 2 unspecified atom stereocenters. The van der Waals surface area contributed by atoms with Crippen LogP contribution in [0.4, 0.5) is 17.5 Å². The first kappa shape index (κ1) is 47.3. The number of amides is 4. The van der Waals surface area contributed by atoms with Crippen LogP contribution in [-0.4, -0.2) is 117 Å². The molecule has 2 saturated heterocycles. The van der Waals surface area contributed by atoms with E-state index in [-0.39, 0.29) is 60.2 Å². The molecule has 0 bridgehead atoms. The first-order valence-electron chi connectivity index (χ1n) is 24.5. The Balaban J connectivity index is 0.714. The van der Waals surface area contributed by atoms with Crippen molar-refractivity contribution in [2.75, 3.05) is 56.7 Å². The summed E-state index contributed by atoms with van der Waals surface area (Å²) >= 11 is 0. The summed E-state index contributed by atoms with van der Waals surface area (Å²) in [5.41, 5.74) is 2.23. The number of nitrogens with one attached hydrogen (secondary N) is 4. The minimum absolute atomic E-state index is 0.0293. The summed E-state index contributed by atoms with van der Waals surface area (Å²) in [6.45, 7) is 7.66. The van der Waals surface area contributed by atoms with Gasteiger partial charge < -0.3 is 35.2 Å². The highest BCUT2D eigenvalue weighted by Gasteiger charge is 2.49. The van der Waals surface area contributed by atoms with Crippen molar-refractivity contribution in [2.24, 2.45) is 17.8 Å². The molecule has 364 valence electrons. The van der Waals surface area contributed by atoms with Gasteiger partial charge in [0.15, 0.2) is 29.8 Å². The molecule has 5 heterocycles. The van der Waals surface area contributed by atoms with Gasteiger partial charge in [0.25, 0.3) is 11.8 Å². The predicted molar refractivity (Wildman–Crippen MR) is 254 cm³/mol. The molecular formula is C50H61N11O8. The van der Waals surface area contributed by atoms with Crippen LogP contribution in [0.5, 0.6) is 11.5 Å². The molecule has 2 aromatic carbocycles. The second kappa shape index (κ2) is 20.9. The third kappa shape index (κ3) is 10.0. The number of imide groups is 1. The van der Waals surface area contributed by atoms with Gasteiger partial charge in [0.1, 0.15) is 23.0 Å². The number of piperidine rings is 2. The van der Waals surface area contributed by atoms with Gasteiger partial charge in [-0.3, -0.25) is 38.7 Å². The Kier molecular flexibility index (Phi) is 14.3. The van der Waals surface area contributed by atoms with Crippen molar-refractivity contribution < 1.29 is 38.2 Å². The normalized spacial score (nSPS) is 20.7. The number of aryl methyl sites for hydroxylation is 1. The Morgan fingerprint density at radius 1 is 0.928 bits per heavy atom. The molecule has 4 aromatic rings. The van der Waals surface area contributed by atoms with Gasteiger partial charge in [0.2, 0.25) is 17.8 Å². The minimum atomic E-state index is -1.22. The maximum absolute atomic E-state index is 13.5. The van der Waals surface area contributed by atoms with E-state index in [9.17, 15) is 28.8 Å². The quantitative estimate of drug-likeness (QED) is 0.0607. The van der Waals surface area contributed by atoms with E-state index in [0.29, 0.717) is 35.4 Å². The number of carbonyl (C=O) groups is 6.